The molecule has 0 spiro atoms. The maximum atomic E-state index is 9.77. The highest BCUT2D eigenvalue weighted by Crippen LogP contribution is 2.31. The van der Waals surface area contributed by atoms with E-state index in [4.69, 9.17) is 15.2 Å². The molecular weight excluding hydrogens is 117 g/mol. The molecule has 0 saturated heterocycles. The fourth-order valence-electron chi connectivity index (χ4n) is 0.119. The van der Waals surface area contributed by atoms with Gasteiger partial charge in [-0.25, -0.2) is 0 Å². The molecule has 0 unspecified atom stereocenters. The first-order valence-corrected chi connectivity index (χ1v) is 3.39. The normalized spacial score (nSPS) is 11.1. The molecule has 3 N–H and O–H groups in total. The van der Waals surface area contributed by atoms with E-state index < -0.39 is 13.8 Å². The Kier molecular flexibility index (Phi) is 2.15. The molecule has 0 bridgehead atoms. The van der Waals surface area contributed by atoms with Crippen LogP contribution in [0.1, 0.15) is 0 Å². The van der Waals surface area contributed by atoms with Crippen molar-refractivity contribution in [2.45, 2.75) is 0 Å². The van der Waals surface area contributed by atoms with Crippen LogP contribution in [0.15, 0.2) is 0 Å². The van der Waals surface area contributed by atoms with Crippen molar-refractivity contribution in [1.82, 2.24) is 0 Å². The Hall–Kier alpha value is -0.180. The van der Waals surface area contributed by atoms with E-state index in [0.29, 0.717) is 6.21 Å². The highest BCUT2D eigenvalue weighted by molar-refractivity contribution is 7.52. The third-order valence-electron chi connectivity index (χ3n) is 0.329. The summed E-state index contributed by atoms with van der Waals surface area (Å²) < 4.78 is 9.77. The molecule has 5 heteroatoms. The standard InChI is InChI=1S/C2H6NO3P/c3-1-2-7(4,5)6/h1,3H,2H2,(H2,4,5,6). The van der Waals surface area contributed by atoms with Crippen LogP contribution in [0.3, 0.4) is 0 Å². The van der Waals surface area contributed by atoms with Crippen molar-refractivity contribution in [1.29, 1.82) is 5.41 Å². The molecule has 0 aliphatic heterocycles. The van der Waals surface area contributed by atoms with Gasteiger partial charge < -0.3 is 15.2 Å². The van der Waals surface area contributed by atoms with Gasteiger partial charge in [0.05, 0.1) is 6.16 Å². The SMILES string of the molecule is N=CCP(=O)(O)O. The summed E-state index contributed by atoms with van der Waals surface area (Å²) in [7, 11) is -3.91. The molecule has 4 nitrogen and oxygen atoms in total. The van der Waals surface area contributed by atoms with Gasteiger partial charge in [0.15, 0.2) is 0 Å². The zero-order chi connectivity index (χ0) is 5.91. The second kappa shape index (κ2) is 2.21. The number of nitrogens with one attached hydrogen (secondary N) is 1. The van der Waals surface area contributed by atoms with E-state index in [1.165, 1.54) is 0 Å². The van der Waals surface area contributed by atoms with Gasteiger partial charge in [-0.2, -0.15) is 0 Å². The van der Waals surface area contributed by atoms with E-state index in [-0.39, 0.29) is 0 Å². The lowest BCUT2D eigenvalue weighted by Gasteiger charge is -1.93. The lowest BCUT2D eigenvalue weighted by Crippen LogP contribution is -1.85. The van der Waals surface area contributed by atoms with Crippen LogP contribution in [0.4, 0.5) is 0 Å². The van der Waals surface area contributed by atoms with Gasteiger partial charge in [0.25, 0.3) is 0 Å². The van der Waals surface area contributed by atoms with Crippen LogP contribution in [0.25, 0.3) is 0 Å². The van der Waals surface area contributed by atoms with Gasteiger partial charge in [0, 0.05) is 6.21 Å². The minimum atomic E-state index is -3.91. The molecule has 0 heterocycles. The molecule has 0 aromatic heterocycles. The number of hydrogen-bond donors (Lipinski definition) is 3. The smallest absolute Gasteiger partial charge is 0.324 e. The van der Waals surface area contributed by atoms with Crippen LogP contribution in [0, 0.1) is 5.41 Å². The van der Waals surface area contributed by atoms with Crippen molar-refractivity contribution in [2.75, 3.05) is 6.16 Å². The summed E-state index contributed by atoms with van der Waals surface area (Å²) in [4.78, 5) is 16.0. The first kappa shape index (κ1) is 6.82. The van der Waals surface area contributed by atoms with Crippen molar-refractivity contribution in [3.05, 3.63) is 0 Å². The molecule has 0 aliphatic rings. The lowest BCUT2D eigenvalue weighted by atomic mass is 10.9. The van der Waals surface area contributed by atoms with Crippen molar-refractivity contribution >= 4 is 13.8 Å². The predicted octanol–water partition coefficient (Wildman–Crippen LogP) is -0.186. The van der Waals surface area contributed by atoms with Crippen molar-refractivity contribution < 1.29 is 14.4 Å². The van der Waals surface area contributed by atoms with Crippen LogP contribution in [0.2, 0.25) is 0 Å². The molecule has 7 heavy (non-hydrogen) atoms. The fourth-order valence-corrected chi connectivity index (χ4v) is 0.357. The van der Waals surface area contributed by atoms with Crippen molar-refractivity contribution in [2.24, 2.45) is 0 Å². The molecule has 0 amide bonds. The molecule has 0 saturated carbocycles. The quantitative estimate of drug-likeness (QED) is 0.351. The summed E-state index contributed by atoms with van der Waals surface area (Å²) in [5.41, 5.74) is 0. The third-order valence-corrected chi connectivity index (χ3v) is 0.987. The molecule has 0 atom stereocenters. The summed E-state index contributed by atoms with van der Waals surface area (Å²) in [6, 6.07) is 0. The van der Waals surface area contributed by atoms with Crippen LogP contribution in [-0.2, 0) is 4.57 Å². The van der Waals surface area contributed by atoms with Gasteiger partial charge in [0.2, 0.25) is 0 Å². The Balaban J connectivity index is 3.57. The Bertz CT molecular complexity index is 106. The molecule has 0 aromatic carbocycles. The monoisotopic (exact) mass is 123 g/mol. The first-order chi connectivity index (χ1) is 3.06. The average molecular weight is 123 g/mol. The van der Waals surface area contributed by atoms with Crippen molar-refractivity contribution in [3.8, 4) is 0 Å². The van der Waals surface area contributed by atoms with Crippen LogP contribution < -0.4 is 0 Å². The molecule has 42 valence electrons. The predicted molar refractivity (Wildman–Crippen MR) is 25.7 cm³/mol. The van der Waals surface area contributed by atoms with E-state index in [0.717, 1.165) is 0 Å². The van der Waals surface area contributed by atoms with Crippen LogP contribution >= 0.6 is 7.60 Å². The number of rotatable bonds is 2. The van der Waals surface area contributed by atoms with Gasteiger partial charge >= 0.3 is 7.60 Å². The van der Waals surface area contributed by atoms with E-state index >= 15 is 0 Å². The van der Waals surface area contributed by atoms with E-state index in [1.54, 1.807) is 0 Å². The fraction of sp³-hybridized carbons (Fsp3) is 0.500. The minimum Gasteiger partial charge on any atom is -0.324 e. The maximum absolute atomic E-state index is 9.77. The van der Waals surface area contributed by atoms with E-state index in [2.05, 4.69) is 0 Å². The van der Waals surface area contributed by atoms with Gasteiger partial charge in [-0.1, -0.05) is 0 Å². The molecule has 0 aliphatic carbocycles. The largest absolute Gasteiger partial charge is 0.330 e. The average Bonchev–Trinajstić information content (AvgIpc) is 1.30. The lowest BCUT2D eigenvalue weighted by molar-refractivity contribution is 0.378. The molecule has 0 rings (SSSR count). The Morgan fingerprint density at radius 2 is 2.14 bits per heavy atom. The zero-order valence-electron chi connectivity index (χ0n) is 3.53. The second-order valence-corrected chi connectivity index (χ2v) is 2.75. The van der Waals surface area contributed by atoms with E-state index in [9.17, 15) is 4.57 Å². The van der Waals surface area contributed by atoms with Gasteiger partial charge in [-0.15, -0.1) is 0 Å². The van der Waals surface area contributed by atoms with Crippen molar-refractivity contribution in [3.63, 3.8) is 0 Å². The zero-order valence-corrected chi connectivity index (χ0v) is 4.43. The summed E-state index contributed by atoms with van der Waals surface area (Å²) in [5, 5.41) is 6.24. The molecule has 0 fully saturated rings. The molecule has 0 aromatic rings. The summed E-state index contributed by atoms with van der Waals surface area (Å²) in [6.07, 6.45) is 0.244. The maximum Gasteiger partial charge on any atom is 0.330 e. The summed E-state index contributed by atoms with van der Waals surface area (Å²) in [5.74, 6) is 0. The molecular formula is C2H6NO3P. The Morgan fingerprint density at radius 3 is 2.14 bits per heavy atom. The first-order valence-electron chi connectivity index (χ1n) is 1.60. The topological polar surface area (TPSA) is 81.4 Å². The highest BCUT2D eigenvalue weighted by atomic mass is 31.2. The second-order valence-electron chi connectivity index (χ2n) is 1.05. The van der Waals surface area contributed by atoms with Gasteiger partial charge in [-0.05, 0) is 0 Å². The number of hydrogen-bond acceptors (Lipinski definition) is 2. The third kappa shape index (κ3) is 5.82. The Labute approximate surface area is 40.8 Å². The van der Waals surface area contributed by atoms with Gasteiger partial charge in [-0.3, -0.25) is 4.57 Å². The van der Waals surface area contributed by atoms with E-state index in [1.807, 2.05) is 0 Å². The highest BCUT2D eigenvalue weighted by Gasteiger charge is 2.07. The minimum absolute atomic E-state index is 0.451. The molecule has 0 radical (unpaired) electrons. The van der Waals surface area contributed by atoms with Gasteiger partial charge in [0.1, 0.15) is 0 Å². The summed E-state index contributed by atoms with van der Waals surface area (Å²) in [6.45, 7) is 0. The summed E-state index contributed by atoms with van der Waals surface area (Å²) >= 11 is 0. The van der Waals surface area contributed by atoms with Crippen LogP contribution in [0.5, 0.6) is 0 Å². The van der Waals surface area contributed by atoms with Crippen LogP contribution in [-0.4, -0.2) is 22.2 Å². The Morgan fingerprint density at radius 1 is 1.71 bits per heavy atom.